The van der Waals surface area contributed by atoms with E-state index in [-0.39, 0.29) is 23.8 Å². The first-order valence-corrected chi connectivity index (χ1v) is 12.5. The van der Waals surface area contributed by atoms with Crippen LogP contribution < -0.4 is 5.73 Å². The zero-order valence-electron chi connectivity index (χ0n) is 19.5. The standard InChI is InChI=1S/C26H32FN3O4/c27-20-7-5-6-19(16-20)26(11-3-1-2-4-12-26)25(32)34-22-17-30(13-8-18(22)9-14-30)23(24(28)31)21-10-15-33-29-21/h5-7,10,15-16,18,22-23H,1-4,8-9,11-14,17H2,(H-,28,31)/p+1/t18?,22-,23?,30?/m0/s1. The van der Waals surface area contributed by atoms with Crippen molar-refractivity contribution in [2.24, 2.45) is 11.7 Å². The number of benzene rings is 1. The van der Waals surface area contributed by atoms with Crippen molar-refractivity contribution in [3.05, 3.63) is 53.7 Å². The minimum Gasteiger partial charge on any atom is -0.455 e. The van der Waals surface area contributed by atoms with Gasteiger partial charge in [0.05, 0.1) is 18.5 Å². The molecular weight excluding hydrogens is 437 g/mol. The van der Waals surface area contributed by atoms with Crippen molar-refractivity contribution in [3.8, 4) is 0 Å². The third-order valence-corrected chi connectivity index (χ3v) is 8.50. The van der Waals surface area contributed by atoms with Crippen molar-refractivity contribution >= 4 is 11.9 Å². The molecule has 2 atom stereocenters. The van der Waals surface area contributed by atoms with E-state index in [9.17, 15) is 14.0 Å². The van der Waals surface area contributed by atoms with Crippen molar-refractivity contribution in [2.45, 2.75) is 68.9 Å². The number of quaternary nitrogens is 1. The minimum atomic E-state index is -0.829. The van der Waals surface area contributed by atoms with Gasteiger partial charge in [0.15, 0.2) is 11.8 Å². The first kappa shape index (κ1) is 23.0. The number of ether oxygens (including phenoxy) is 1. The average molecular weight is 471 g/mol. The maximum absolute atomic E-state index is 14.2. The summed E-state index contributed by atoms with van der Waals surface area (Å²) in [7, 11) is 0. The number of nitrogens with zero attached hydrogens (tertiary/aromatic N) is 2. The molecule has 4 fully saturated rings. The summed E-state index contributed by atoms with van der Waals surface area (Å²) in [5.74, 6) is -0.781. The topological polar surface area (TPSA) is 95.4 Å². The predicted octanol–water partition coefficient (Wildman–Crippen LogP) is 3.78. The Kier molecular flexibility index (Phi) is 6.18. The lowest BCUT2D eigenvalue weighted by Crippen LogP contribution is -2.67. The molecule has 1 unspecified atom stereocenters. The summed E-state index contributed by atoms with van der Waals surface area (Å²) in [5.41, 5.74) is 6.26. The van der Waals surface area contributed by atoms with Crippen LogP contribution in [0.25, 0.3) is 0 Å². The molecule has 8 heteroatoms. The molecule has 1 amide bonds. The van der Waals surface area contributed by atoms with Crippen LogP contribution in [0.2, 0.25) is 0 Å². The Bertz CT molecular complexity index is 1020. The average Bonchev–Trinajstić information content (AvgIpc) is 3.21. The first-order chi connectivity index (χ1) is 16.4. The number of primary amides is 1. The predicted molar refractivity (Wildman–Crippen MR) is 122 cm³/mol. The lowest BCUT2D eigenvalue weighted by Gasteiger charge is -2.54. The molecule has 7 nitrogen and oxygen atoms in total. The highest BCUT2D eigenvalue weighted by Gasteiger charge is 2.55. The highest BCUT2D eigenvalue weighted by Crippen LogP contribution is 2.45. The molecular formula is C26H33FN3O4+. The number of fused-ring (bicyclic) bond motifs is 3. The summed E-state index contributed by atoms with van der Waals surface area (Å²) in [6.45, 7) is 2.10. The second kappa shape index (κ2) is 9.13. The second-order valence-corrected chi connectivity index (χ2v) is 10.4. The number of carbonyl (C=O) groups excluding carboxylic acids is 2. The van der Waals surface area contributed by atoms with Gasteiger partial charge in [0.2, 0.25) is 6.04 Å². The molecule has 0 radical (unpaired) electrons. The van der Waals surface area contributed by atoms with Gasteiger partial charge in [0.25, 0.3) is 5.91 Å². The summed E-state index contributed by atoms with van der Waals surface area (Å²) >= 11 is 0. The normalized spacial score (nSPS) is 29.2. The molecule has 3 saturated heterocycles. The molecule has 1 saturated carbocycles. The molecule has 34 heavy (non-hydrogen) atoms. The van der Waals surface area contributed by atoms with E-state index in [1.807, 2.05) is 6.07 Å². The number of aromatic nitrogens is 1. The summed E-state index contributed by atoms with van der Waals surface area (Å²) in [4.78, 5) is 26.4. The Balaban J connectivity index is 1.43. The molecule has 1 aromatic heterocycles. The molecule has 182 valence electrons. The first-order valence-electron chi connectivity index (χ1n) is 12.5. The van der Waals surface area contributed by atoms with Crippen LogP contribution in [-0.4, -0.2) is 47.3 Å². The second-order valence-electron chi connectivity index (χ2n) is 10.4. The zero-order chi connectivity index (χ0) is 23.8. The summed E-state index contributed by atoms with van der Waals surface area (Å²) in [5, 5.41) is 4.02. The van der Waals surface area contributed by atoms with Crippen molar-refractivity contribution in [1.82, 2.24) is 5.16 Å². The van der Waals surface area contributed by atoms with Crippen molar-refractivity contribution in [2.75, 3.05) is 19.6 Å². The number of piperidine rings is 3. The minimum absolute atomic E-state index is 0.255. The number of hydrogen-bond acceptors (Lipinski definition) is 5. The van der Waals surface area contributed by atoms with Gasteiger partial charge in [-0.1, -0.05) is 43.0 Å². The van der Waals surface area contributed by atoms with Gasteiger partial charge in [0, 0.05) is 24.8 Å². The Morgan fingerprint density at radius 2 is 1.88 bits per heavy atom. The van der Waals surface area contributed by atoms with E-state index in [1.54, 1.807) is 12.1 Å². The van der Waals surface area contributed by atoms with Crippen LogP contribution in [0.15, 0.2) is 41.1 Å². The van der Waals surface area contributed by atoms with E-state index < -0.39 is 17.4 Å². The fourth-order valence-electron chi connectivity index (χ4n) is 6.70. The molecule has 1 aliphatic carbocycles. The van der Waals surface area contributed by atoms with Gasteiger partial charge in [-0.15, -0.1) is 0 Å². The maximum atomic E-state index is 14.2. The van der Waals surface area contributed by atoms with Crippen molar-refractivity contribution in [3.63, 3.8) is 0 Å². The molecule has 2 N–H and O–H groups in total. The number of carbonyl (C=O) groups is 2. The van der Waals surface area contributed by atoms with Gasteiger partial charge in [-0.25, -0.2) is 4.39 Å². The van der Waals surface area contributed by atoms with Gasteiger partial charge in [0.1, 0.15) is 18.6 Å². The fourth-order valence-corrected chi connectivity index (χ4v) is 6.70. The van der Waals surface area contributed by atoms with Crippen LogP contribution in [-0.2, 0) is 19.7 Å². The lowest BCUT2D eigenvalue weighted by molar-refractivity contribution is -0.965. The molecule has 3 aliphatic heterocycles. The van der Waals surface area contributed by atoms with Gasteiger partial charge in [-0.2, -0.15) is 0 Å². The summed E-state index contributed by atoms with van der Waals surface area (Å²) in [6, 6.07) is 7.49. The van der Waals surface area contributed by atoms with Crippen LogP contribution in [0.1, 0.15) is 68.7 Å². The third-order valence-electron chi connectivity index (χ3n) is 8.50. The highest BCUT2D eigenvalue weighted by atomic mass is 19.1. The van der Waals surface area contributed by atoms with E-state index in [2.05, 4.69) is 5.16 Å². The molecule has 4 aliphatic rings. The van der Waals surface area contributed by atoms with E-state index >= 15 is 0 Å². The highest BCUT2D eigenvalue weighted by molar-refractivity contribution is 5.83. The molecule has 0 spiro atoms. The van der Waals surface area contributed by atoms with E-state index in [0.717, 1.165) is 51.6 Å². The number of esters is 1. The SMILES string of the molecule is NC(=O)C(c1ccon1)[N+]12CCC(CC1)[C@@H](OC(=O)C1(c3cccc(F)c3)CCCCCC1)C2. The van der Waals surface area contributed by atoms with Gasteiger partial charge in [-0.05, 0) is 30.5 Å². The smallest absolute Gasteiger partial charge is 0.317 e. The van der Waals surface area contributed by atoms with Crippen LogP contribution in [0.3, 0.4) is 0 Å². The van der Waals surface area contributed by atoms with Gasteiger partial charge >= 0.3 is 5.97 Å². The largest absolute Gasteiger partial charge is 0.455 e. The molecule has 6 rings (SSSR count). The van der Waals surface area contributed by atoms with Crippen LogP contribution in [0.4, 0.5) is 4.39 Å². The lowest BCUT2D eigenvalue weighted by atomic mass is 9.74. The molecule has 4 heterocycles. The van der Waals surface area contributed by atoms with Crippen molar-refractivity contribution in [1.29, 1.82) is 0 Å². The number of hydrogen-bond donors (Lipinski definition) is 1. The number of rotatable bonds is 6. The molecule has 2 bridgehead atoms. The van der Waals surface area contributed by atoms with E-state index in [1.165, 1.54) is 18.4 Å². The van der Waals surface area contributed by atoms with Crippen LogP contribution in [0.5, 0.6) is 0 Å². The monoisotopic (exact) mass is 470 g/mol. The maximum Gasteiger partial charge on any atom is 0.317 e. The quantitative estimate of drug-likeness (QED) is 0.394. The van der Waals surface area contributed by atoms with E-state index in [0.29, 0.717) is 35.1 Å². The van der Waals surface area contributed by atoms with Crippen LogP contribution in [0, 0.1) is 11.7 Å². The third kappa shape index (κ3) is 4.02. The van der Waals surface area contributed by atoms with Crippen LogP contribution >= 0.6 is 0 Å². The fraction of sp³-hybridized carbons (Fsp3) is 0.577. The van der Waals surface area contributed by atoms with Crippen molar-refractivity contribution < 1.29 is 27.7 Å². The Labute approximate surface area is 199 Å². The molecule has 2 aromatic rings. The summed E-state index contributed by atoms with van der Waals surface area (Å²) in [6.07, 6.45) is 8.13. The Morgan fingerprint density at radius 1 is 1.15 bits per heavy atom. The number of amides is 1. The Hall–Kier alpha value is -2.74. The number of halogens is 1. The van der Waals surface area contributed by atoms with Gasteiger partial charge in [-0.3, -0.25) is 9.59 Å². The number of nitrogens with two attached hydrogens (primary N) is 1. The van der Waals surface area contributed by atoms with Gasteiger partial charge < -0.3 is 19.5 Å². The molecule has 1 aromatic carbocycles. The summed E-state index contributed by atoms with van der Waals surface area (Å²) < 4.78 is 25.9. The Morgan fingerprint density at radius 3 is 2.50 bits per heavy atom. The van der Waals surface area contributed by atoms with E-state index in [4.69, 9.17) is 15.0 Å². The zero-order valence-corrected chi connectivity index (χ0v) is 19.5.